The molecule has 0 bridgehead atoms. The number of rotatable bonds is 6. The fourth-order valence-electron chi connectivity index (χ4n) is 3.02. The Bertz CT molecular complexity index is 402. The molecule has 0 saturated carbocycles. The molecule has 2 heterocycles. The van der Waals surface area contributed by atoms with E-state index >= 15 is 0 Å². The second-order valence-electron chi connectivity index (χ2n) is 5.46. The van der Waals surface area contributed by atoms with Crippen molar-refractivity contribution < 1.29 is 13.9 Å². The lowest BCUT2D eigenvalue weighted by Crippen LogP contribution is -2.45. The molecule has 2 aliphatic rings. The molecule has 104 valence electrons. The maximum absolute atomic E-state index is 5.75. The number of hydrogen-bond donors (Lipinski definition) is 0. The molecule has 0 N–H and O–H groups in total. The lowest BCUT2D eigenvalue weighted by molar-refractivity contribution is -0.104. The van der Waals surface area contributed by atoms with Crippen molar-refractivity contribution in [1.29, 1.82) is 0 Å². The highest BCUT2D eigenvalue weighted by atomic mass is 28.2. The van der Waals surface area contributed by atoms with Gasteiger partial charge in [0, 0.05) is 18.4 Å². The summed E-state index contributed by atoms with van der Waals surface area (Å²) in [7, 11) is -0.596. The van der Waals surface area contributed by atoms with Crippen LogP contribution in [0.25, 0.3) is 0 Å². The molecule has 4 heteroatoms. The van der Waals surface area contributed by atoms with Gasteiger partial charge in [0.05, 0.1) is 26.4 Å². The van der Waals surface area contributed by atoms with Gasteiger partial charge in [0.1, 0.15) is 0 Å². The van der Waals surface area contributed by atoms with Crippen LogP contribution in [0.5, 0.6) is 0 Å². The van der Waals surface area contributed by atoms with E-state index in [1.807, 2.05) is 0 Å². The molecule has 0 aliphatic carbocycles. The van der Waals surface area contributed by atoms with Crippen LogP contribution in [0.3, 0.4) is 0 Å². The average molecular weight is 278 g/mol. The van der Waals surface area contributed by atoms with Gasteiger partial charge in [-0.3, -0.25) is 0 Å². The molecule has 1 aromatic carbocycles. The first-order valence-corrected chi connectivity index (χ1v) is 8.49. The summed E-state index contributed by atoms with van der Waals surface area (Å²) in [4.78, 5) is 0. The Hall–Kier alpha value is -0.683. The van der Waals surface area contributed by atoms with E-state index in [1.54, 1.807) is 0 Å². The molecule has 0 aromatic heterocycles. The zero-order valence-electron chi connectivity index (χ0n) is 11.5. The molecule has 0 atom stereocenters. The molecule has 0 spiro atoms. The largest absolute Gasteiger partial charge is 0.419 e. The highest BCUT2D eigenvalue weighted by molar-refractivity contribution is 6.47. The Kier molecular flexibility index (Phi) is 4.33. The van der Waals surface area contributed by atoms with E-state index in [2.05, 4.69) is 31.2 Å². The third kappa shape index (κ3) is 2.77. The predicted molar refractivity (Wildman–Crippen MR) is 77.6 cm³/mol. The third-order valence-electron chi connectivity index (χ3n) is 4.22. The number of ether oxygens (including phenoxy) is 2. The molecule has 19 heavy (non-hydrogen) atoms. The van der Waals surface area contributed by atoms with Crippen molar-refractivity contribution in [2.45, 2.75) is 12.8 Å². The van der Waals surface area contributed by atoms with Gasteiger partial charge in [-0.15, -0.1) is 0 Å². The molecule has 0 radical (unpaired) electrons. The molecule has 0 unspecified atom stereocenters. The van der Waals surface area contributed by atoms with Gasteiger partial charge in [-0.05, 0) is 23.6 Å². The van der Waals surface area contributed by atoms with Crippen LogP contribution in [0.4, 0.5) is 0 Å². The van der Waals surface area contributed by atoms with E-state index in [-0.39, 0.29) is 0 Å². The standard InChI is InChI=1S/C15H22O3Si/c1-2-18-19-14-6-4-3-5-13(14)15(11-7-16-8-11)12-9-17-10-12/h3-6,11-12,15H,2,7-10,19H2,1H3. The van der Waals surface area contributed by atoms with E-state index in [0.717, 1.165) is 33.0 Å². The van der Waals surface area contributed by atoms with Gasteiger partial charge >= 0.3 is 0 Å². The summed E-state index contributed by atoms with van der Waals surface area (Å²) in [5, 5.41) is 1.47. The Morgan fingerprint density at radius 3 is 2.32 bits per heavy atom. The third-order valence-corrected chi connectivity index (χ3v) is 5.79. The fraction of sp³-hybridized carbons (Fsp3) is 0.600. The minimum Gasteiger partial charge on any atom is -0.419 e. The van der Waals surface area contributed by atoms with Crippen LogP contribution in [0.2, 0.25) is 0 Å². The Morgan fingerprint density at radius 1 is 1.16 bits per heavy atom. The highest BCUT2D eigenvalue weighted by Gasteiger charge is 2.39. The smallest absolute Gasteiger partial charge is 0.192 e. The van der Waals surface area contributed by atoms with Crippen molar-refractivity contribution in [3.63, 3.8) is 0 Å². The van der Waals surface area contributed by atoms with E-state index < -0.39 is 9.76 Å². The van der Waals surface area contributed by atoms with Gasteiger partial charge in [-0.1, -0.05) is 24.3 Å². The van der Waals surface area contributed by atoms with E-state index in [0.29, 0.717) is 17.8 Å². The molecular weight excluding hydrogens is 256 g/mol. The summed E-state index contributed by atoms with van der Waals surface area (Å²) in [5.74, 6) is 1.95. The molecule has 3 rings (SSSR count). The Morgan fingerprint density at radius 2 is 1.79 bits per heavy atom. The van der Waals surface area contributed by atoms with E-state index in [9.17, 15) is 0 Å². The molecule has 3 nitrogen and oxygen atoms in total. The lowest BCUT2D eigenvalue weighted by atomic mass is 9.75. The van der Waals surface area contributed by atoms with Crippen molar-refractivity contribution >= 4 is 14.9 Å². The fourth-order valence-corrected chi connectivity index (χ4v) is 4.19. The summed E-state index contributed by atoms with van der Waals surface area (Å²) >= 11 is 0. The van der Waals surface area contributed by atoms with Gasteiger partial charge in [0.15, 0.2) is 9.76 Å². The van der Waals surface area contributed by atoms with Crippen molar-refractivity contribution in [2.24, 2.45) is 11.8 Å². The SMILES string of the molecule is CCO[SiH2]c1ccccc1C(C1COC1)C1COC1. The van der Waals surface area contributed by atoms with Crippen LogP contribution >= 0.6 is 0 Å². The van der Waals surface area contributed by atoms with Gasteiger partial charge in [0.25, 0.3) is 0 Å². The first-order valence-electron chi connectivity index (χ1n) is 7.21. The van der Waals surface area contributed by atoms with Crippen LogP contribution in [-0.4, -0.2) is 42.8 Å². The van der Waals surface area contributed by atoms with Crippen LogP contribution in [0, 0.1) is 11.8 Å². The first kappa shape index (κ1) is 13.3. The van der Waals surface area contributed by atoms with Gasteiger partial charge in [-0.2, -0.15) is 0 Å². The van der Waals surface area contributed by atoms with Gasteiger partial charge in [0.2, 0.25) is 0 Å². The topological polar surface area (TPSA) is 27.7 Å². The Labute approximate surface area is 117 Å². The maximum atomic E-state index is 5.75. The second-order valence-corrected chi connectivity index (χ2v) is 6.92. The van der Waals surface area contributed by atoms with Crippen molar-refractivity contribution in [3.05, 3.63) is 29.8 Å². The Balaban J connectivity index is 1.83. The normalized spacial score (nSPS) is 20.9. The van der Waals surface area contributed by atoms with Gasteiger partial charge in [-0.25, -0.2) is 0 Å². The molecule has 2 fully saturated rings. The van der Waals surface area contributed by atoms with E-state index in [4.69, 9.17) is 13.9 Å². The summed E-state index contributed by atoms with van der Waals surface area (Å²) in [5.41, 5.74) is 1.50. The highest BCUT2D eigenvalue weighted by Crippen LogP contribution is 2.39. The van der Waals surface area contributed by atoms with Crippen LogP contribution in [-0.2, 0) is 13.9 Å². The minimum atomic E-state index is -0.596. The summed E-state index contributed by atoms with van der Waals surface area (Å²) in [6.45, 7) is 6.53. The zero-order chi connectivity index (χ0) is 13.1. The predicted octanol–water partition coefficient (Wildman–Crippen LogP) is 0.809. The van der Waals surface area contributed by atoms with Crippen LogP contribution < -0.4 is 5.19 Å². The van der Waals surface area contributed by atoms with Crippen molar-refractivity contribution in [1.82, 2.24) is 0 Å². The van der Waals surface area contributed by atoms with Crippen LogP contribution in [0.1, 0.15) is 18.4 Å². The maximum Gasteiger partial charge on any atom is 0.192 e. The van der Waals surface area contributed by atoms with Crippen LogP contribution in [0.15, 0.2) is 24.3 Å². The molecule has 1 aromatic rings. The van der Waals surface area contributed by atoms with Crippen molar-refractivity contribution in [3.8, 4) is 0 Å². The number of hydrogen-bond acceptors (Lipinski definition) is 3. The average Bonchev–Trinajstić information content (AvgIpc) is 2.31. The monoisotopic (exact) mass is 278 g/mol. The molecule has 0 amide bonds. The molecule has 2 aliphatic heterocycles. The zero-order valence-corrected chi connectivity index (χ0v) is 12.9. The minimum absolute atomic E-state index is 0.596. The lowest BCUT2D eigenvalue weighted by Gasteiger charge is -2.43. The molecule has 2 saturated heterocycles. The quantitative estimate of drug-likeness (QED) is 0.721. The van der Waals surface area contributed by atoms with E-state index in [1.165, 1.54) is 10.8 Å². The summed E-state index contributed by atoms with van der Waals surface area (Å²) in [6.07, 6.45) is 0. The van der Waals surface area contributed by atoms with Crippen molar-refractivity contribution in [2.75, 3.05) is 33.0 Å². The number of benzene rings is 1. The summed E-state index contributed by atoms with van der Waals surface area (Å²) < 4.78 is 16.6. The second kappa shape index (κ2) is 6.18. The first-order chi connectivity index (χ1) is 9.40. The van der Waals surface area contributed by atoms with Gasteiger partial charge < -0.3 is 13.9 Å². The molecular formula is C15H22O3Si. The summed E-state index contributed by atoms with van der Waals surface area (Å²) in [6, 6.07) is 8.84.